The van der Waals surface area contributed by atoms with E-state index in [0.29, 0.717) is 27.6 Å². The molecule has 0 aliphatic carbocycles. The van der Waals surface area contributed by atoms with Crippen LogP contribution in [0.15, 0.2) is 48.7 Å². The quantitative estimate of drug-likeness (QED) is 0.541. The van der Waals surface area contributed by atoms with Crippen LogP contribution in [-0.4, -0.2) is 32.7 Å². The molecule has 3 aromatic rings. The van der Waals surface area contributed by atoms with Gasteiger partial charge in [0.25, 0.3) is 5.91 Å². The lowest BCUT2D eigenvalue weighted by atomic mass is 10.0. The fraction of sp³-hybridized carbons (Fsp3) is 0.143. The van der Waals surface area contributed by atoms with Gasteiger partial charge < -0.3 is 9.47 Å². The summed E-state index contributed by atoms with van der Waals surface area (Å²) in [6, 6.07) is 11.5. The smallest absolute Gasteiger partial charge is 0.264 e. The zero-order valence-corrected chi connectivity index (χ0v) is 19.1. The Bertz CT molecular complexity index is 1260. The van der Waals surface area contributed by atoms with E-state index in [1.807, 2.05) is 11.6 Å². The number of pyridine rings is 1. The first kappa shape index (κ1) is 22.9. The second kappa shape index (κ2) is 9.13. The van der Waals surface area contributed by atoms with Crippen LogP contribution in [0.5, 0.6) is 17.4 Å². The SMILES string of the molecule is COc1cc(C(=O)NS(C)(=O)=O)ccc1-c1cnc(Oc2cccc(Cl)c2C)c(Cl)c1. The Morgan fingerprint density at radius 2 is 1.81 bits per heavy atom. The van der Waals surface area contributed by atoms with E-state index >= 15 is 0 Å². The molecule has 162 valence electrons. The second-order valence-corrected chi connectivity index (χ2v) is 9.16. The van der Waals surface area contributed by atoms with Crippen molar-refractivity contribution in [1.29, 1.82) is 0 Å². The average Bonchev–Trinajstić information content (AvgIpc) is 2.71. The molecule has 7 nitrogen and oxygen atoms in total. The minimum absolute atomic E-state index is 0.126. The topological polar surface area (TPSA) is 94.6 Å². The monoisotopic (exact) mass is 480 g/mol. The van der Waals surface area contributed by atoms with Gasteiger partial charge in [0.15, 0.2) is 0 Å². The molecular weight excluding hydrogens is 463 g/mol. The van der Waals surface area contributed by atoms with Gasteiger partial charge in [-0.2, -0.15) is 0 Å². The van der Waals surface area contributed by atoms with Crippen molar-refractivity contribution in [2.45, 2.75) is 6.92 Å². The molecule has 0 spiro atoms. The lowest BCUT2D eigenvalue weighted by Crippen LogP contribution is -2.29. The van der Waals surface area contributed by atoms with Gasteiger partial charge in [0, 0.05) is 33.5 Å². The number of hydrogen-bond donors (Lipinski definition) is 1. The molecule has 0 aliphatic rings. The highest BCUT2D eigenvalue weighted by molar-refractivity contribution is 7.89. The Balaban J connectivity index is 1.91. The third-order valence-electron chi connectivity index (χ3n) is 4.28. The van der Waals surface area contributed by atoms with Crippen molar-refractivity contribution in [3.8, 4) is 28.5 Å². The van der Waals surface area contributed by atoms with Gasteiger partial charge in [-0.05, 0) is 43.3 Å². The molecule has 1 N–H and O–H groups in total. The molecule has 0 aliphatic heterocycles. The number of carbonyl (C=O) groups excluding carboxylic acids is 1. The highest BCUT2D eigenvalue weighted by atomic mass is 35.5. The van der Waals surface area contributed by atoms with Crippen molar-refractivity contribution < 1.29 is 22.7 Å². The number of sulfonamides is 1. The molecule has 0 radical (unpaired) electrons. The van der Waals surface area contributed by atoms with Crippen LogP contribution in [0.3, 0.4) is 0 Å². The highest BCUT2D eigenvalue weighted by Gasteiger charge is 2.16. The van der Waals surface area contributed by atoms with Gasteiger partial charge in [-0.15, -0.1) is 0 Å². The summed E-state index contributed by atoms with van der Waals surface area (Å²) in [5, 5.41) is 0.827. The molecule has 0 saturated carbocycles. The van der Waals surface area contributed by atoms with Crippen LogP contribution in [0.25, 0.3) is 11.1 Å². The molecule has 2 aromatic carbocycles. The maximum Gasteiger partial charge on any atom is 0.264 e. The van der Waals surface area contributed by atoms with Crippen LogP contribution in [0, 0.1) is 6.92 Å². The van der Waals surface area contributed by atoms with Gasteiger partial charge in [0.1, 0.15) is 16.5 Å². The summed E-state index contributed by atoms with van der Waals surface area (Å²) in [5.41, 5.74) is 2.11. The van der Waals surface area contributed by atoms with Gasteiger partial charge in [-0.1, -0.05) is 29.3 Å². The number of methoxy groups -OCH3 is 1. The number of ether oxygens (including phenoxy) is 2. The van der Waals surface area contributed by atoms with Crippen molar-refractivity contribution in [2.24, 2.45) is 0 Å². The molecule has 0 unspecified atom stereocenters. The predicted octanol–water partition coefficient (Wildman–Crippen LogP) is 4.85. The van der Waals surface area contributed by atoms with Crippen molar-refractivity contribution in [3.05, 3.63) is 69.8 Å². The molecule has 10 heteroatoms. The molecule has 0 bridgehead atoms. The van der Waals surface area contributed by atoms with Crippen molar-refractivity contribution >= 4 is 39.1 Å². The third kappa shape index (κ3) is 5.46. The van der Waals surface area contributed by atoms with E-state index in [0.717, 1.165) is 11.8 Å². The molecule has 1 heterocycles. The molecule has 1 aromatic heterocycles. The normalized spacial score (nSPS) is 11.1. The number of nitrogens with one attached hydrogen (secondary N) is 1. The zero-order valence-electron chi connectivity index (χ0n) is 16.8. The first-order chi connectivity index (χ1) is 14.6. The van der Waals surface area contributed by atoms with E-state index < -0.39 is 15.9 Å². The van der Waals surface area contributed by atoms with E-state index in [-0.39, 0.29) is 16.5 Å². The summed E-state index contributed by atoms with van der Waals surface area (Å²) in [5.74, 6) is 0.329. The van der Waals surface area contributed by atoms with Gasteiger partial charge >= 0.3 is 0 Å². The van der Waals surface area contributed by atoms with Gasteiger partial charge in [0.05, 0.1) is 13.4 Å². The molecule has 3 rings (SSSR count). The maximum absolute atomic E-state index is 12.1. The number of halogens is 2. The minimum atomic E-state index is -3.69. The van der Waals surface area contributed by atoms with Crippen LogP contribution in [-0.2, 0) is 10.0 Å². The second-order valence-electron chi connectivity index (χ2n) is 6.59. The number of carbonyl (C=O) groups is 1. The Kier molecular flexibility index (Phi) is 6.74. The number of rotatable bonds is 6. The van der Waals surface area contributed by atoms with Crippen molar-refractivity contribution in [3.63, 3.8) is 0 Å². The Hall–Kier alpha value is -2.81. The van der Waals surface area contributed by atoms with Crippen LogP contribution < -0.4 is 14.2 Å². The Morgan fingerprint density at radius 3 is 2.45 bits per heavy atom. The largest absolute Gasteiger partial charge is 0.496 e. The average molecular weight is 481 g/mol. The van der Waals surface area contributed by atoms with Gasteiger partial charge in [0.2, 0.25) is 15.9 Å². The van der Waals surface area contributed by atoms with E-state index in [1.165, 1.54) is 19.2 Å². The molecule has 31 heavy (non-hydrogen) atoms. The first-order valence-corrected chi connectivity index (χ1v) is 11.5. The fourth-order valence-corrected chi connectivity index (χ4v) is 3.57. The van der Waals surface area contributed by atoms with Gasteiger partial charge in [-0.25, -0.2) is 18.1 Å². The fourth-order valence-electron chi connectivity index (χ4n) is 2.75. The molecular formula is C21H18Cl2N2O5S. The van der Waals surface area contributed by atoms with Crippen LogP contribution in [0.2, 0.25) is 10.0 Å². The van der Waals surface area contributed by atoms with Crippen LogP contribution in [0.1, 0.15) is 15.9 Å². The summed E-state index contributed by atoms with van der Waals surface area (Å²) in [6.45, 7) is 1.83. The molecule has 0 fully saturated rings. The summed E-state index contributed by atoms with van der Waals surface area (Å²) in [7, 11) is -2.25. The number of amides is 1. The lowest BCUT2D eigenvalue weighted by molar-refractivity contribution is 0.0981. The van der Waals surface area contributed by atoms with E-state index in [4.69, 9.17) is 32.7 Å². The van der Waals surface area contributed by atoms with Crippen LogP contribution >= 0.6 is 23.2 Å². The zero-order chi connectivity index (χ0) is 22.8. The summed E-state index contributed by atoms with van der Waals surface area (Å²) in [4.78, 5) is 16.4. The van der Waals surface area contributed by atoms with E-state index in [2.05, 4.69) is 4.98 Å². The summed E-state index contributed by atoms with van der Waals surface area (Å²) >= 11 is 12.5. The third-order valence-corrected chi connectivity index (χ3v) is 5.52. The van der Waals surface area contributed by atoms with E-state index in [1.54, 1.807) is 36.5 Å². The Labute approximate surface area is 190 Å². The van der Waals surface area contributed by atoms with Crippen LogP contribution in [0.4, 0.5) is 0 Å². The molecule has 1 amide bonds. The standard InChI is InChI=1S/C21H18Cl2N2O5S/c1-12-16(22)5-4-6-18(12)30-21-17(23)9-14(11-24-21)15-8-7-13(10-19(15)29-2)20(26)25-31(3,27)28/h4-11H,1-3H3,(H,25,26). The number of nitrogens with zero attached hydrogens (tertiary/aromatic N) is 1. The lowest BCUT2D eigenvalue weighted by Gasteiger charge is -2.13. The number of hydrogen-bond acceptors (Lipinski definition) is 6. The minimum Gasteiger partial charge on any atom is -0.496 e. The summed E-state index contributed by atoms with van der Waals surface area (Å²) < 4.78 is 35.7. The predicted molar refractivity (Wildman–Crippen MR) is 120 cm³/mol. The van der Waals surface area contributed by atoms with Crippen molar-refractivity contribution in [1.82, 2.24) is 9.71 Å². The summed E-state index contributed by atoms with van der Waals surface area (Å²) in [6.07, 6.45) is 2.45. The Morgan fingerprint density at radius 1 is 1.06 bits per heavy atom. The van der Waals surface area contributed by atoms with Crippen molar-refractivity contribution in [2.75, 3.05) is 13.4 Å². The molecule has 0 atom stereocenters. The van der Waals surface area contributed by atoms with Gasteiger partial charge in [-0.3, -0.25) is 4.79 Å². The maximum atomic E-state index is 12.1. The first-order valence-electron chi connectivity index (χ1n) is 8.88. The highest BCUT2D eigenvalue weighted by Crippen LogP contribution is 2.36. The number of benzene rings is 2. The number of aromatic nitrogens is 1. The van der Waals surface area contributed by atoms with E-state index in [9.17, 15) is 13.2 Å². The molecule has 0 saturated heterocycles.